The number of carbonyl (C=O) groups excluding carboxylic acids is 1. The van der Waals surface area contributed by atoms with E-state index in [-0.39, 0.29) is 5.78 Å². The highest BCUT2D eigenvalue weighted by molar-refractivity contribution is 6.04. The molecule has 0 aliphatic rings. The second-order valence-corrected chi connectivity index (χ2v) is 4.15. The van der Waals surface area contributed by atoms with Gasteiger partial charge >= 0.3 is 0 Å². The first-order chi connectivity index (χ1) is 8.65. The summed E-state index contributed by atoms with van der Waals surface area (Å²) in [6, 6.07) is 4.76. The number of unbranched alkanes of at least 4 members (excludes halogenated alkanes) is 1. The lowest BCUT2D eigenvalue weighted by Crippen LogP contribution is -2.31. The number of rotatable bonds is 7. The quantitative estimate of drug-likeness (QED) is 0.756. The average molecular weight is 251 g/mol. The van der Waals surface area contributed by atoms with Crippen LogP contribution in [0.25, 0.3) is 0 Å². The highest BCUT2D eigenvalue weighted by Gasteiger charge is 2.23. The fraction of sp³-hybridized carbons (Fsp3) is 0.500. The van der Waals surface area contributed by atoms with Crippen LogP contribution in [0.5, 0.6) is 11.5 Å². The Balaban J connectivity index is 3.02. The number of hydrogen-bond donors (Lipinski definition) is 1. The number of Topliss-reactive ketones (excluding diaryl/α,β-unsaturated/α-hetero) is 1. The zero-order valence-corrected chi connectivity index (χ0v) is 11.2. The number of carbonyl (C=O) groups is 1. The van der Waals surface area contributed by atoms with E-state index in [4.69, 9.17) is 15.2 Å². The van der Waals surface area contributed by atoms with Gasteiger partial charge in [-0.25, -0.2) is 0 Å². The molecule has 100 valence electrons. The standard InChI is InChI=1S/C14H21NO3/c1-4-5-7-10(15)14(16)13-11(17-2)8-6-9-12(13)18-3/h6,8-10H,4-5,7,15H2,1-3H3. The molecule has 0 aliphatic heterocycles. The molecule has 2 N–H and O–H groups in total. The minimum absolute atomic E-state index is 0.127. The fourth-order valence-corrected chi connectivity index (χ4v) is 1.83. The fourth-order valence-electron chi connectivity index (χ4n) is 1.83. The van der Waals surface area contributed by atoms with Gasteiger partial charge < -0.3 is 15.2 Å². The molecule has 4 heteroatoms. The zero-order chi connectivity index (χ0) is 13.5. The summed E-state index contributed by atoms with van der Waals surface area (Å²) in [5.74, 6) is 0.885. The minimum Gasteiger partial charge on any atom is -0.496 e. The van der Waals surface area contributed by atoms with Crippen LogP contribution in [0.2, 0.25) is 0 Å². The van der Waals surface area contributed by atoms with Crippen LogP contribution in [0.15, 0.2) is 18.2 Å². The molecule has 1 aromatic carbocycles. The topological polar surface area (TPSA) is 61.6 Å². The lowest BCUT2D eigenvalue weighted by molar-refractivity contribution is 0.0950. The smallest absolute Gasteiger partial charge is 0.186 e. The largest absolute Gasteiger partial charge is 0.496 e. The first-order valence-corrected chi connectivity index (χ1v) is 6.16. The molecule has 0 aliphatic carbocycles. The van der Waals surface area contributed by atoms with Crippen molar-refractivity contribution in [1.82, 2.24) is 0 Å². The molecule has 0 bridgehead atoms. The van der Waals surface area contributed by atoms with Crippen LogP contribution in [0.1, 0.15) is 36.5 Å². The van der Waals surface area contributed by atoms with Crippen molar-refractivity contribution >= 4 is 5.78 Å². The van der Waals surface area contributed by atoms with Crippen LogP contribution in [-0.4, -0.2) is 26.0 Å². The van der Waals surface area contributed by atoms with Gasteiger partial charge in [0.2, 0.25) is 0 Å². The number of methoxy groups -OCH3 is 2. The van der Waals surface area contributed by atoms with E-state index >= 15 is 0 Å². The van der Waals surface area contributed by atoms with Crippen molar-refractivity contribution in [2.45, 2.75) is 32.2 Å². The van der Waals surface area contributed by atoms with Gasteiger partial charge in [0.05, 0.1) is 20.3 Å². The third-order valence-corrected chi connectivity index (χ3v) is 2.88. The molecule has 1 aromatic rings. The van der Waals surface area contributed by atoms with Gasteiger partial charge in [-0.3, -0.25) is 4.79 Å². The van der Waals surface area contributed by atoms with Gasteiger partial charge in [-0.1, -0.05) is 25.8 Å². The molecular weight excluding hydrogens is 230 g/mol. The summed E-state index contributed by atoms with van der Waals surface area (Å²) in [4.78, 5) is 12.3. The van der Waals surface area contributed by atoms with E-state index in [1.807, 2.05) is 0 Å². The van der Waals surface area contributed by atoms with Crippen molar-refractivity contribution in [3.63, 3.8) is 0 Å². The Kier molecular flexibility index (Phi) is 5.65. The van der Waals surface area contributed by atoms with E-state index in [0.29, 0.717) is 23.5 Å². The normalized spacial score (nSPS) is 12.0. The van der Waals surface area contributed by atoms with Gasteiger partial charge in [0, 0.05) is 0 Å². The molecule has 0 amide bonds. The molecule has 0 saturated heterocycles. The van der Waals surface area contributed by atoms with E-state index in [1.165, 1.54) is 14.2 Å². The van der Waals surface area contributed by atoms with Crippen molar-refractivity contribution in [2.24, 2.45) is 5.73 Å². The first-order valence-electron chi connectivity index (χ1n) is 6.16. The van der Waals surface area contributed by atoms with E-state index < -0.39 is 6.04 Å². The molecule has 1 rings (SSSR count). The van der Waals surface area contributed by atoms with Gasteiger partial charge in [0.15, 0.2) is 5.78 Å². The molecule has 18 heavy (non-hydrogen) atoms. The van der Waals surface area contributed by atoms with Gasteiger partial charge in [0.1, 0.15) is 17.1 Å². The van der Waals surface area contributed by atoms with Crippen molar-refractivity contribution in [1.29, 1.82) is 0 Å². The van der Waals surface area contributed by atoms with E-state index in [0.717, 1.165) is 12.8 Å². The maximum absolute atomic E-state index is 12.3. The molecule has 0 aromatic heterocycles. The molecule has 0 fully saturated rings. The van der Waals surface area contributed by atoms with E-state index in [9.17, 15) is 4.79 Å². The van der Waals surface area contributed by atoms with Crippen molar-refractivity contribution in [3.05, 3.63) is 23.8 Å². The van der Waals surface area contributed by atoms with Gasteiger partial charge in [-0.2, -0.15) is 0 Å². The van der Waals surface area contributed by atoms with Crippen LogP contribution < -0.4 is 15.2 Å². The minimum atomic E-state index is -0.504. The SMILES string of the molecule is CCCCC(N)C(=O)c1c(OC)cccc1OC. The summed E-state index contributed by atoms with van der Waals surface area (Å²) in [7, 11) is 3.06. The average Bonchev–Trinajstić information content (AvgIpc) is 2.42. The van der Waals surface area contributed by atoms with Crippen LogP contribution in [0.3, 0.4) is 0 Å². The predicted octanol–water partition coefficient (Wildman–Crippen LogP) is 2.40. The Bertz CT molecular complexity index is 382. The molecular formula is C14H21NO3. The van der Waals surface area contributed by atoms with Crippen LogP contribution in [0.4, 0.5) is 0 Å². The molecule has 0 spiro atoms. The van der Waals surface area contributed by atoms with E-state index in [2.05, 4.69) is 6.92 Å². The van der Waals surface area contributed by atoms with Crippen molar-refractivity contribution in [2.75, 3.05) is 14.2 Å². The molecule has 1 atom stereocenters. The monoisotopic (exact) mass is 251 g/mol. The third kappa shape index (κ3) is 3.23. The second-order valence-electron chi connectivity index (χ2n) is 4.15. The van der Waals surface area contributed by atoms with Crippen molar-refractivity contribution < 1.29 is 14.3 Å². The van der Waals surface area contributed by atoms with Crippen LogP contribution in [0, 0.1) is 0 Å². The zero-order valence-electron chi connectivity index (χ0n) is 11.2. The molecule has 0 saturated carbocycles. The summed E-state index contributed by atoms with van der Waals surface area (Å²) < 4.78 is 10.4. The molecule has 1 unspecified atom stereocenters. The molecule has 0 radical (unpaired) electrons. The second kappa shape index (κ2) is 7.01. The highest BCUT2D eigenvalue weighted by atomic mass is 16.5. The highest BCUT2D eigenvalue weighted by Crippen LogP contribution is 2.29. The number of ketones is 1. The maximum atomic E-state index is 12.3. The number of benzene rings is 1. The molecule has 0 heterocycles. The first kappa shape index (κ1) is 14.5. The Hall–Kier alpha value is -1.55. The van der Waals surface area contributed by atoms with Crippen LogP contribution in [-0.2, 0) is 0 Å². The van der Waals surface area contributed by atoms with Crippen LogP contribution >= 0.6 is 0 Å². The Morgan fingerprint density at radius 3 is 2.28 bits per heavy atom. The number of hydrogen-bond acceptors (Lipinski definition) is 4. The summed E-state index contributed by atoms with van der Waals surface area (Å²) in [5, 5.41) is 0. The van der Waals surface area contributed by atoms with Gasteiger partial charge in [0.25, 0.3) is 0 Å². The summed E-state index contributed by atoms with van der Waals surface area (Å²) in [6.07, 6.45) is 2.63. The number of ether oxygens (including phenoxy) is 2. The van der Waals surface area contributed by atoms with E-state index in [1.54, 1.807) is 18.2 Å². The summed E-state index contributed by atoms with van der Waals surface area (Å²) >= 11 is 0. The summed E-state index contributed by atoms with van der Waals surface area (Å²) in [6.45, 7) is 2.07. The maximum Gasteiger partial charge on any atom is 0.186 e. The Morgan fingerprint density at radius 1 is 1.28 bits per heavy atom. The molecule has 4 nitrogen and oxygen atoms in total. The van der Waals surface area contributed by atoms with Gasteiger partial charge in [-0.05, 0) is 18.6 Å². The van der Waals surface area contributed by atoms with Gasteiger partial charge in [-0.15, -0.1) is 0 Å². The Labute approximate surface area is 108 Å². The lowest BCUT2D eigenvalue weighted by atomic mass is 9.98. The predicted molar refractivity (Wildman–Crippen MR) is 71.4 cm³/mol. The Morgan fingerprint density at radius 2 is 1.83 bits per heavy atom. The summed E-state index contributed by atoms with van der Waals surface area (Å²) in [5.41, 5.74) is 6.36. The lowest BCUT2D eigenvalue weighted by Gasteiger charge is -2.15. The number of nitrogens with two attached hydrogens (primary N) is 1. The third-order valence-electron chi connectivity index (χ3n) is 2.88. The van der Waals surface area contributed by atoms with Crippen molar-refractivity contribution in [3.8, 4) is 11.5 Å².